The molecule has 0 radical (unpaired) electrons. The molecule has 0 fully saturated rings. The summed E-state index contributed by atoms with van der Waals surface area (Å²) in [6, 6.07) is 6.58. The van der Waals surface area contributed by atoms with Crippen LogP contribution >= 0.6 is 0 Å². The van der Waals surface area contributed by atoms with Gasteiger partial charge in [-0.25, -0.2) is 4.39 Å². The van der Waals surface area contributed by atoms with E-state index in [-0.39, 0.29) is 18.3 Å². The molecule has 0 aliphatic carbocycles. The Bertz CT molecular complexity index is 567. The third-order valence-electron chi connectivity index (χ3n) is 2.66. The highest BCUT2D eigenvalue weighted by atomic mass is 19.1. The van der Waals surface area contributed by atoms with Crippen LogP contribution in [-0.2, 0) is 17.9 Å². The lowest BCUT2D eigenvalue weighted by Crippen LogP contribution is -2.23. The number of hydrogen-bond donors (Lipinski definition) is 2. The summed E-state index contributed by atoms with van der Waals surface area (Å²) in [5.41, 5.74) is 1.33. The first kappa shape index (κ1) is 13.1. The number of carbonyl (C=O) groups excluding carboxylic acids is 1. The van der Waals surface area contributed by atoms with Crippen molar-refractivity contribution in [3.63, 3.8) is 0 Å². The van der Waals surface area contributed by atoms with E-state index in [9.17, 15) is 9.18 Å². The maximum atomic E-state index is 13.4. The predicted octanol–water partition coefficient (Wildman–Crippen LogP) is 1.38. The zero-order valence-electron chi connectivity index (χ0n) is 10.6. The van der Waals surface area contributed by atoms with Crippen LogP contribution in [-0.4, -0.2) is 22.7 Å². The van der Waals surface area contributed by atoms with Crippen molar-refractivity contribution in [3.8, 4) is 0 Å². The summed E-state index contributed by atoms with van der Waals surface area (Å²) >= 11 is 0. The number of likely N-dealkylation sites (N-methyl/N-ethyl adjacent to an activating group) is 1. The smallest absolute Gasteiger partial charge is 0.241 e. The lowest BCUT2D eigenvalue weighted by Gasteiger charge is -2.04. The van der Waals surface area contributed by atoms with Crippen LogP contribution in [0.25, 0.3) is 0 Å². The Morgan fingerprint density at radius 1 is 1.42 bits per heavy atom. The van der Waals surface area contributed by atoms with E-state index < -0.39 is 0 Å². The number of nitrogens with zero attached hydrogens (tertiary/aromatic N) is 2. The fourth-order valence-corrected chi connectivity index (χ4v) is 1.61. The number of benzene rings is 1. The number of amides is 1. The van der Waals surface area contributed by atoms with Crippen molar-refractivity contribution < 1.29 is 9.18 Å². The molecule has 1 amide bonds. The average Bonchev–Trinajstić information content (AvgIpc) is 2.85. The number of halogens is 1. The molecule has 1 aromatic carbocycles. The van der Waals surface area contributed by atoms with Gasteiger partial charge in [-0.2, -0.15) is 5.10 Å². The largest absolute Gasteiger partial charge is 0.378 e. The fraction of sp³-hybridized carbons (Fsp3) is 0.231. The number of rotatable bonds is 5. The molecular weight excluding hydrogens is 247 g/mol. The van der Waals surface area contributed by atoms with E-state index in [0.717, 1.165) is 5.69 Å². The predicted molar refractivity (Wildman–Crippen MR) is 70.0 cm³/mol. The van der Waals surface area contributed by atoms with Crippen LogP contribution < -0.4 is 10.6 Å². The van der Waals surface area contributed by atoms with Crippen LogP contribution in [0.5, 0.6) is 0 Å². The molecule has 0 bridgehead atoms. The van der Waals surface area contributed by atoms with Crippen molar-refractivity contribution >= 4 is 11.6 Å². The summed E-state index contributed by atoms with van der Waals surface area (Å²) in [5.74, 6) is -0.364. The summed E-state index contributed by atoms with van der Waals surface area (Å²) in [6.45, 7) is 0.538. The third-order valence-corrected chi connectivity index (χ3v) is 2.66. The van der Waals surface area contributed by atoms with Gasteiger partial charge in [0.05, 0.1) is 11.9 Å². The van der Waals surface area contributed by atoms with Gasteiger partial charge < -0.3 is 10.6 Å². The number of hydrogen-bond acceptors (Lipinski definition) is 3. The van der Waals surface area contributed by atoms with E-state index >= 15 is 0 Å². The van der Waals surface area contributed by atoms with Crippen molar-refractivity contribution in [2.75, 3.05) is 12.4 Å². The molecule has 1 heterocycles. The van der Waals surface area contributed by atoms with Crippen molar-refractivity contribution in [1.82, 2.24) is 15.1 Å². The minimum Gasteiger partial charge on any atom is -0.378 e. The molecule has 6 heteroatoms. The minimum absolute atomic E-state index is 0.122. The van der Waals surface area contributed by atoms with Crippen LogP contribution in [0.2, 0.25) is 0 Å². The quantitative estimate of drug-likeness (QED) is 0.856. The number of anilines is 1. The minimum atomic E-state index is -0.243. The monoisotopic (exact) mass is 262 g/mol. The molecule has 1 aromatic heterocycles. The molecule has 0 saturated carbocycles. The Hall–Kier alpha value is -2.37. The van der Waals surface area contributed by atoms with E-state index in [1.165, 1.54) is 10.7 Å². The Labute approximate surface area is 110 Å². The molecule has 2 aromatic rings. The van der Waals surface area contributed by atoms with E-state index in [1.54, 1.807) is 37.6 Å². The van der Waals surface area contributed by atoms with Crippen LogP contribution in [0.3, 0.4) is 0 Å². The van der Waals surface area contributed by atoms with Crippen molar-refractivity contribution in [1.29, 1.82) is 0 Å². The Morgan fingerprint density at radius 3 is 2.95 bits per heavy atom. The van der Waals surface area contributed by atoms with E-state index in [2.05, 4.69) is 15.7 Å². The van der Waals surface area contributed by atoms with Gasteiger partial charge in [0.25, 0.3) is 0 Å². The molecule has 2 rings (SSSR count). The maximum absolute atomic E-state index is 13.4. The molecule has 19 heavy (non-hydrogen) atoms. The van der Waals surface area contributed by atoms with Gasteiger partial charge in [-0.05, 0) is 6.07 Å². The highest BCUT2D eigenvalue weighted by Crippen LogP contribution is 2.10. The topological polar surface area (TPSA) is 59.0 Å². The lowest BCUT2D eigenvalue weighted by molar-refractivity contribution is -0.121. The summed E-state index contributed by atoms with van der Waals surface area (Å²) in [5, 5.41) is 9.62. The Kier molecular flexibility index (Phi) is 4.12. The van der Waals surface area contributed by atoms with E-state index in [1.807, 2.05) is 0 Å². The Balaban J connectivity index is 1.94. The zero-order chi connectivity index (χ0) is 13.7. The SMILES string of the molecule is CNC(=O)Cn1cc(NCc2ccccc2F)cn1. The number of nitrogens with one attached hydrogen (secondary N) is 2. The fourth-order valence-electron chi connectivity index (χ4n) is 1.61. The highest BCUT2D eigenvalue weighted by Gasteiger charge is 2.04. The normalized spacial score (nSPS) is 10.2. The molecule has 0 saturated heterocycles. The molecule has 0 atom stereocenters. The van der Waals surface area contributed by atoms with Gasteiger partial charge in [-0.15, -0.1) is 0 Å². The summed E-state index contributed by atoms with van der Waals surface area (Å²) in [7, 11) is 1.57. The van der Waals surface area contributed by atoms with E-state index in [4.69, 9.17) is 0 Å². The van der Waals surface area contributed by atoms with Crippen molar-refractivity contribution in [2.24, 2.45) is 0 Å². The Morgan fingerprint density at radius 2 is 2.21 bits per heavy atom. The van der Waals surface area contributed by atoms with Gasteiger partial charge in [0, 0.05) is 25.4 Å². The van der Waals surface area contributed by atoms with Crippen LogP contribution in [0.1, 0.15) is 5.56 Å². The van der Waals surface area contributed by atoms with Gasteiger partial charge in [-0.3, -0.25) is 9.48 Å². The summed E-state index contributed by atoms with van der Waals surface area (Å²) < 4.78 is 14.9. The van der Waals surface area contributed by atoms with E-state index in [0.29, 0.717) is 12.1 Å². The second-order valence-corrected chi connectivity index (χ2v) is 4.04. The molecule has 0 spiro atoms. The van der Waals surface area contributed by atoms with Gasteiger partial charge in [0.1, 0.15) is 12.4 Å². The highest BCUT2D eigenvalue weighted by molar-refractivity contribution is 5.75. The first-order valence-corrected chi connectivity index (χ1v) is 5.89. The van der Waals surface area contributed by atoms with Crippen molar-refractivity contribution in [3.05, 3.63) is 48.0 Å². The van der Waals surface area contributed by atoms with Gasteiger partial charge in [0.15, 0.2) is 0 Å². The first-order valence-electron chi connectivity index (χ1n) is 5.89. The molecular formula is C13H15FN4O. The molecule has 100 valence electrons. The molecule has 0 unspecified atom stereocenters. The van der Waals surface area contributed by atoms with Gasteiger partial charge in [-0.1, -0.05) is 18.2 Å². The van der Waals surface area contributed by atoms with Crippen LogP contribution in [0.15, 0.2) is 36.7 Å². The zero-order valence-corrected chi connectivity index (χ0v) is 10.6. The molecule has 0 aliphatic rings. The number of aromatic nitrogens is 2. The summed E-state index contributed by atoms with van der Waals surface area (Å²) in [4.78, 5) is 11.2. The third kappa shape index (κ3) is 3.54. The maximum Gasteiger partial charge on any atom is 0.241 e. The standard InChI is InChI=1S/C13H15FN4O/c1-15-13(19)9-18-8-11(7-17-18)16-6-10-4-2-3-5-12(10)14/h2-5,7-8,16H,6,9H2,1H3,(H,15,19). The number of carbonyl (C=O) groups is 1. The molecule has 2 N–H and O–H groups in total. The average molecular weight is 262 g/mol. The van der Waals surface area contributed by atoms with Crippen molar-refractivity contribution in [2.45, 2.75) is 13.1 Å². The second kappa shape index (κ2) is 5.99. The van der Waals surface area contributed by atoms with Gasteiger partial charge >= 0.3 is 0 Å². The molecule has 5 nitrogen and oxygen atoms in total. The lowest BCUT2D eigenvalue weighted by atomic mass is 10.2. The summed E-state index contributed by atoms with van der Waals surface area (Å²) in [6.07, 6.45) is 3.31. The second-order valence-electron chi connectivity index (χ2n) is 4.04. The van der Waals surface area contributed by atoms with Crippen LogP contribution in [0.4, 0.5) is 10.1 Å². The van der Waals surface area contributed by atoms with Gasteiger partial charge in [0.2, 0.25) is 5.91 Å². The van der Waals surface area contributed by atoms with Crippen LogP contribution in [0, 0.1) is 5.82 Å². The first-order chi connectivity index (χ1) is 9.19. The molecule has 0 aliphatic heterocycles.